The number of phenols is 1. The quantitative estimate of drug-likeness (QED) is 0.637. The summed E-state index contributed by atoms with van der Waals surface area (Å²) in [6.07, 6.45) is 5.76. The number of aliphatic hydroxyl groups is 1. The third-order valence-corrected chi connectivity index (χ3v) is 6.78. The number of amides is 1. The highest BCUT2D eigenvalue weighted by Gasteiger charge is 2.33. The van der Waals surface area contributed by atoms with E-state index in [1.807, 2.05) is 11.0 Å². The third kappa shape index (κ3) is 4.69. The Morgan fingerprint density at radius 1 is 1.21 bits per heavy atom. The van der Waals surface area contributed by atoms with Gasteiger partial charge in [0.15, 0.2) is 0 Å². The second kappa shape index (κ2) is 9.27. The number of aliphatic hydroxyl groups excluding tert-OH is 1. The maximum Gasteiger partial charge on any atom is 0.254 e. The molecule has 1 aromatic carbocycles. The summed E-state index contributed by atoms with van der Waals surface area (Å²) in [4.78, 5) is 14.6. The SMILES string of the molecule is CCC(N[C@H](CO)C(C)C)C1CCC(CN2Cc3ccc(O)cc3C2=O)CC1. The van der Waals surface area contributed by atoms with Crippen molar-refractivity contribution in [3.63, 3.8) is 0 Å². The molecule has 3 N–H and O–H groups in total. The lowest BCUT2D eigenvalue weighted by atomic mass is 9.77. The fourth-order valence-corrected chi connectivity index (χ4v) is 4.90. The normalized spacial score (nSPS) is 24.5. The molecule has 2 atom stereocenters. The molecule has 0 bridgehead atoms. The molecule has 1 heterocycles. The van der Waals surface area contributed by atoms with Crippen molar-refractivity contribution < 1.29 is 15.0 Å². The summed E-state index contributed by atoms with van der Waals surface area (Å²) in [6.45, 7) is 8.21. The highest BCUT2D eigenvalue weighted by Crippen LogP contribution is 2.34. The van der Waals surface area contributed by atoms with Crippen LogP contribution in [0.15, 0.2) is 18.2 Å². The number of hydrogen-bond donors (Lipinski definition) is 3. The molecule has 1 saturated carbocycles. The Morgan fingerprint density at radius 2 is 1.93 bits per heavy atom. The summed E-state index contributed by atoms with van der Waals surface area (Å²) in [5.74, 6) is 1.86. The standard InChI is InChI=1S/C23H36N2O3/c1-4-21(24-22(14-26)15(2)3)17-7-5-16(6-8-17)12-25-13-18-9-10-19(27)11-20(18)23(25)28/h9-11,15-17,21-22,24,26-27H,4-8,12-14H2,1-3H3/t16?,17?,21?,22-/m1/s1. The molecule has 5 nitrogen and oxygen atoms in total. The van der Waals surface area contributed by atoms with Crippen LogP contribution in [0.1, 0.15) is 68.8 Å². The molecule has 1 aliphatic heterocycles. The Kier molecular flexibility index (Phi) is 7.00. The average Bonchev–Trinajstić information content (AvgIpc) is 2.98. The molecule has 1 unspecified atom stereocenters. The maximum absolute atomic E-state index is 12.6. The molecule has 1 aliphatic carbocycles. The summed E-state index contributed by atoms with van der Waals surface area (Å²) in [6, 6.07) is 5.75. The van der Waals surface area contributed by atoms with Gasteiger partial charge >= 0.3 is 0 Å². The van der Waals surface area contributed by atoms with Crippen LogP contribution in [-0.2, 0) is 6.54 Å². The monoisotopic (exact) mass is 388 g/mol. The van der Waals surface area contributed by atoms with Gasteiger partial charge in [0.2, 0.25) is 0 Å². The second-order valence-corrected chi connectivity index (χ2v) is 9.02. The van der Waals surface area contributed by atoms with Crippen molar-refractivity contribution in [2.24, 2.45) is 17.8 Å². The van der Waals surface area contributed by atoms with Crippen molar-refractivity contribution >= 4 is 5.91 Å². The van der Waals surface area contributed by atoms with E-state index in [4.69, 9.17) is 0 Å². The Bertz CT molecular complexity index is 668. The van der Waals surface area contributed by atoms with Crippen LogP contribution in [0, 0.1) is 17.8 Å². The zero-order valence-corrected chi connectivity index (χ0v) is 17.5. The van der Waals surface area contributed by atoms with E-state index in [9.17, 15) is 15.0 Å². The van der Waals surface area contributed by atoms with Gasteiger partial charge in [-0.3, -0.25) is 4.79 Å². The Hall–Kier alpha value is -1.59. The van der Waals surface area contributed by atoms with Gasteiger partial charge in [-0.25, -0.2) is 0 Å². The average molecular weight is 389 g/mol. The lowest BCUT2D eigenvalue weighted by Crippen LogP contribution is -2.47. The Balaban J connectivity index is 1.51. The van der Waals surface area contributed by atoms with E-state index in [0.717, 1.165) is 31.4 Å². The van der Waals surface area contributed by atoms with E-state index < -0.39 is 0 Å². The molecule has 5 heteroatoms. The molecule has 28 heavy (non-hydrogen) atoms. The maximum atomic E-state index is 12.6. The van der Waals surface area contributed by atoms with Crippen LogP contribution >= 0.6 is 0 Å². The first-order valence-electron chi connectivity index (χ1n) is 10.9. The summed E-state index contributed by atoms with van der Waals surface area (Å²) >= 11 is 0. The predicted octanol–water partition coefficient (Wildman–Crippen LogP) is 3.54. The molecular weight excluding hydrogens is 352 g/mol. The summed E-state index contributed by atoms with van der Waals surface area (Å²) in [7, 11) is 0. The van der Waals surface area contributed by atoms with E-state index in [1.54, 1.807) is 12.1 Å². The summed E-state index contributed by atoms with van der Waals surface area (Å²) in [5, 5.41) is 23.0. The molecule has 2 aliphatic rings. The highest BCUT2D eigenvalue weighted by atomic mass is 16.3. The van der Waals surface area contributed by atoms with Crippen LogP contribution in [0.3, 0.4) is 0 Å². The lowest BCUT2D eigenvalue weighted by Gasteiger charge is -2.37. The van der Waals surface area contributed by atoms with Gasteiger partial charge in [-0.15, -0.1) is 0 Å². The van der Waals surface area contributed by atoms with Crippen LogP contribution in [0.25, 0.3) is 0 Å². The number of carbonyl (C=O) groups excluding carboxylic acids is 1. The Morgan fingerprint density at radius 3 is 2.54 bits per heavy atom. The molecule has 0 spiro atoms. The van der Waals surface area contributed by atoms with Crippen molar-refractivity contribution in [3.05, 3.63) is 29.3 Å². The number of phenolic OH excluding ortho intramolecular Hbond substituents is 1. The lowest BCUT2D eigenvalue weighted by molar-refractivity contribution is 0.0720. The summed E-state index contributed by atoms with van der Waals surface area (Å²) < 4.78 is 0. The fourth-order valence-electron chi connectivity index (χ4n) is 4.90. The number of carbonyl (C=O) groups is 1. The van der Waals surface area contributed by atoms with Crippen LogP contribution in [0.5, 0.6) is 5.75 Å². The van der Waals surface area contributed by atoms with E-state index in [1.165, 1.54) is 12.8 Å². The zero-order chi connectivity index (χ0) is 20.3. The van der Waals surface area contributed by atoms with Crippen molar-refractivity contribution in [1.82, 2.24) is 10.2 Å². The minimum atomic E-state index is 0.0591. The van der Waals surface area contributed by atoms with E-state index >= 15 is 0 Å². The predicted molar refractivity (Wildman–Crippen MR) is 111 cm³/mol. The fraction of sp³-hybridized carbons (Fsp3) is 0.696. The smallest absolute Gasteiger partial charge is 0.254 e. The van der Waals surface area contributed by atoms with E-state index in [2.05, 4.69) is 26.1 Å². The molecule has 1 fully saturated rings. The first-order chi connectivity index (χ1) is 13.4. The van der Waals surface area contributed by atoms with Gasteiger partial charge < -0.3 is 20.4 Å². The molecular formula is C23H36N2O3. The van der Waals surface area contributed by atoms with Crippen LogP contribution < -0.4 is 5.32 Å². The zero-order valence-electron chi connectivity index (χ0n) is 17.5. The van der Waals surface area contributed by atoms with Gasteiger partial charge in [0.25, 0.3) is 5.91 Å². The van der Waals surface area contributed by atoms with Gasteiger partial charge in [-0.05, 0) is 67.6 Å². The second-order valence-electron chi connectivity index (χ2n) is 9.02. The minimum Gasteiger partial charge on any atom is -0.508 e. The van der Waals surface area contributed by atoms with Gasteiger partial charge in [0.1, 0.15) is 5.75 Å². The largest absolute Gasteiger partial charge is 0.508 e. The van der Waals surface area contributed by atoms with Crippen LogP contribution in [0.2, 0.25) is 0 Å². The van der Waals surface area contributed by atoms with Crippen LogP contribution in [0.4, 0.5) is 0 Å². The first-order valence-corrected chi connectivity index (χ1v) is 10.9. The molecule has 3 rings (SSSR count). The number of rotatable bonds is 8. The first kappa shape index (κ1) is 21.1. The Labute approximate surface area is 169 Å². The molecule has 156 valence electrons. The number of benzene rings is 1. The number of nitrogens with one attached hydrogen (secondary N) is 1. The third-order valence-electron chi connectivity index (χ3n) is 6.78. The van der Waals surface area contributed by atoms with E-state index in [0.29, 0.717) is 35.9 Å². The van der Waals surface area contributed by atoms with Gasteiger partial charge in [-0.1, -0.05) is 26.8 Å². The number of aromatic hydroxyl groups is 1. The molecule has 1 amide bonds. The molecule has 0 aromatic heterocycles. The van der Waals surface area contributed by atoms with Gasteiger partial charge in [0.05, 0.1) is 6.61 Å². The molecule has 1 aromatic rings. The van der Waals surface area contributed by atoms with Crippen molar-refractivity contribution in [3.8, 4) is 5.75 Å². The number of fused-ring (bicyclic) bond motifs is 1. The summed E-state index contributed by atoms with van der Waals surface area (Å²) in [5.41, 5.74) is 1.68. The van der Waals surface area contributed by atoms with Crippen molar-refractivity contribution in [1.29, 1.82) is 0 Å². The van der Waals surface area contributed by atoms with Crippen LogP contribution in [-0.4, -0.2) is 46.3 Å². The molecule has 0 saturated heterocycles. The number of hydrogen-bond acceptors (Lipinski definition) is 4. The van der Waals surface area contributed by atoms with Gasteiger partial charge in [0, 0.05) is 30.7 Å². The molecule has 0 radical (unpaired) electrons. The van der Waals surface area contributed by atoms with Crippen molar-refractivity contribution in [2.75, 3.05) is 13.2 Å². The highest BCUT2D eigenvalue weighted by molar-refractivity contribution is 5.98. The minimum absolute atomic E-state index is 0.0591. The van der Waals surface area contributed by atoms with E-state index in [-0.39, 0.29) is 24.3 Å². The van der Waals surface area contributed by atoms with Crippen molar-refractivity contribution in [2.45, 2.75) is 71.5 Å². The van der Waals surface area contributed by atoms with Gasteiger partial charge in [-0.2, -0.15) is 0 Å². The number of nitrogens with zero attached hydrogens (tertiary/aromatic N) is 1. The topological polar surface area (TPSA) is 72.8 Å².